The molecule has 2 rings (SSSR count). The van der Waals surface area contributed by atoms with E-state index in [-0.39, 0.29) is 6.10 Å². The first-order valence-corrected chi connectivity index (χ1v) is 7.33. The molecule has 1 aromatic carbocycles. The molecule has 2 N–H and O–H groups in total. The maximum atomic E-state index is 9.98. The second-order valence-electron chi connectivity index (χ2n) is 5.13. The van der Waals surface area contributed by atoms with Gasteiger partial charge in [-0.25, -0.2) is 0 Å². The van der Waals surface area contributed by atoms with Crippen LogP contribution in [0.25, 0.3) is 0 Å². The van der Waals surface area contributed by atoms with E-state index >= 15 is 0 Å². The quantitative estimate of drug-likeness (QED) is 0.784. The largest absolute Gasteiger partial charge is 0.491 e. The number of aliphatic hydroxyl groups is 1. The second-order valence-corrected chi connectivity index (χ2v) is 5.13. The lowest BCUT2D eigenvalue weighted by Gasteiger charge is -2.15. The number of aliphatic hydroxyl groups excluding tert-OH is 1. The summed E-state index contributed by atoms with van der Waals surface area (Å²) >= 11 is 0. The van der Waals surface area contributed by atoms with Crippen molar-refractivity contribution in [3.05, 3.63) is 42.7 Å². The van der Waals surface area contributed by atoms with E-state index in [0.717, 1.165) is 17.9 Å². The van der Waals surface area contributed by atoms with Gasteiger partial charge in [-0.3, -0.25) is 4.68 Å². The molecule has 2 unspecified atom stereocenters. The van der Waals surface area contributed by atoms with E-state index < -0.39 is 6.10 Å². The Morgan fingerprint density at radius 2 is 2.24 bits per heavy atom. The Morgan fingerprint density at radius 1 is 1.38 bits per heavy atom. The normalized spacial score (nSPS) is 13.7. The van der Waals surface area contributed by atoms with Crippen LogP contribution in [0.5, 0.6) is 5.75 Å². The molecule has 0 aliphatic rings. The highest BCUT2D eigenvalue weighted by molar-refractivity contribution is 5.48. The fraction of sp³-hybridized carbons (Fsp3) is 0.438. The van der Waals surface area contributed by atoms with E-state index in [1.54, 1.807) is 10.9 Å². The van der Waals surface area contributed by atoms with Gasteiger partial charge in [-0.1, -0.05) is 13.0 Å². The van der Waals surface area contributed by atoms with Crippen molar-refractivity contribution in [1.82, 2.24) is 9.78 Å². The second kappa shape index (κ2) is 7.69. The molecule has 0 aliphatic heterocycles. The predicted molar refractivity (Wildman–Crippen MR) is 83.5 cm³/mol. The van der Waals surface area contributed by atoms with Crippen molar-refractivity contribution in [2.24, 2.45) is 0 Å². The fourth-order valence-electron chi connectivity index (χ4n) is 1.92. The van der Waals surface area contributed by atoms with Crippen LogP contribution in [-0.2, 0) is 6.54 Å². The monoisotopic (exact) mass is 289 g/mol. The SMILES string of the molecule is CCC(C)Oc1cccc(NCC(O)Cn2cccn2)c1. The Labute approximate surface area is 125 Å². The zero-order valence-corrected chi connectivity index (χ0v) is 12.6. The fourth-order valence-corrected chi connectivity index (χ4v) is 1.92. The molecule has 0 fully saturated rings. The Hall–Kier alpha value is -2.01. The number of hydrogen-bond acceptors (Lipinski definition) is 4. The average molecular weight is 289 g/mol. The van der Waals surface area contributed by atoms with Gasteiger partial charge >= 0.3 is 0 Å². The minimum Gasteiger partial charge on any atom is -0.491 e. The molecular formula is C16H23N3O2. The molecule has 114 valence electrons. The van der Waals surface area contributed by atoms with Gasteiger partial charge in [0.15, 0.2) is 0 Å². The van der Waals surface area contributed by atoms with Crippen molar-refractivity contribution < 1.29 is 9.84 Å². The molecule has 0 spiro atoms. The summed E-state index contributed by atoms with van der Waals surface area (Å²) in [7, 11) is 0. The molecule has 0 saturated carbocycles. The maximum Gasteiger partial charge on any atom is 0.121 e. The van der Waals surface area contributed by atoms with Crippen molar-refractivity contribution in [2.75, 3.05) is 11.9 Å². The first-order valence-electron chi connectivity index (χ1n) is 7.33. The van der Waals surface area contributed by atoms with E-state index in [1.165, 1.54) is 0 Å². The molecule has 0 amide bonds. The molecule has 5 heteroatoms. The molecule has 0 radical (unpaired) electrons. The van der Waals surface area contributed by atoms with Gasteiger partial charge in [-0.2, -0.15) is 5.10 Å². The summed E-state index contributed by atoms with van der Waals surface area (Å²) in [5.41, 5.74) is 0.940. The van der Waals surface area contributed by atoms with Crippen molar-refractivity contribution in [2.45, 2.75) is 39.0 Å². The minimum atomic E-state index is -0.496. The van der Waals surface area contributed by atoms with Crippen LogP contribution >= 0.6 is 0 Å². The standard InChI is InChI=1S/C16H23N3O2/c1-3-13(2)21-16-7-4-6-14(10-16)17-11-15(20)12-19-9-5-8-18-19/h4-10,13,15,17,20H,3,11-12H2,1-2H3. The van der Waals surface area contributed by atoms with Crippen LogP contribution in [0, 0.1) is 0 Å². The highest BCUT2D eigenvalue weighted by Crippen LogP contribution is 2.19. The number of anilines is 1. The van der Waals surface area contributed by atoms with Crippen LogP contribution < -0.4 is 10.1 Å². The molecule has 0 aliphatic carbocycles. The zero-order chi connectivity index (χ0) is 15.1. The van der Waals surface area contributed by atoms with Gasteiger partial charge in [-0.05, 0) is 31.5 Å². The topological polar surface area (TPSA) is 59.3 Å². The summed E-state index contributed by atoms with van der Waals surface area (Å²) in [6.07, 6.45) is 4.22. The van der Waals surface area contributed by atoms with Crippen molar-refractivity contribution in [3.8, 4) is 5.75 Å². The van der Waals surface area contributed by atoms with E-state index in [1.807, 2.05) is 43.5 Å². The highest BCUT2D eigenvalue weighted by Gasteiger charge is 2.06. The molecule has 21 heavy (non-hydrogen) atoms. The summed E-state index contributed by atoms with van der Waals surface area (Å²) in [4.78, 5) is 0. The third-order valence-electron chi connectivity index (χ3n) is 3.25. The van der Waals surface area contributed by atoms with Gasteiger partial charge in [0.25, 0.3) is 0 Å². The lowest BCUT2D eigenvalue weighted by atomic mass is 10.2. The van der Waals surface area contributed by atoms with Crippen molar-refractivity contribution in [1.29, 1.82) is 0 Å². The lowest BCUT2D eigenvalue weighted by Crippen LogP contribution is -2.25. The number of hydrogen-bond donors (Lipinski definition) is 2. The number of aromatic nitrogens is 2. The summed E-state index contributed by atoms with van der Waals surface area (Å²) in [5.74, 6) is 0.843. The number of ether oxygens (including phenoxy) is 1. The Bertz CT molecular complexity index is 528. The summed E-state index contributed by atoms with van der Waals surface area (Å²) < 4.78 is 7.50. The molecule has 0 bridgehead atoms. The molecule has 1 aromatic heterocycles. The summed E-state index contributed by atoms with van der Waals surface area (Å²) in [6.45, 7) is 5.09. The maximum absolute atomic E-state index is 9.98. The van der Waals surface area contributed by atoms with Crippen LogP contribution in [0.4, 0.5) is 5.69 Å². The van der Waals surface area contributed by atoms with E-state index in [2.05, 4.69) is 17.3 Å². The molecule has 0 saturated heterocycles. The number of nitrogens with one attached hydrogen (secondary N) is 1. The van der Waals surface area contributed by atoms with Crippen LogP contribution in [0.1, 0.15) is 20.3 Å². The first-order chi connectivity index (χ1) is 10.2. The third kappa shape index (κ3) is 5.11. The van der Waals surface area contributed by atoms with Gasteiger partial charge < -0.3 is 15.2 Å². The average Bonchev–Trinajstić information content (AvgIpc) is 2.98. The molecular weight excluding hydrogens is 266 g/mol. The smallest absolute Gasteiger partial charge is 0.121 e. The molecule has 1 heterocycles. The van der Waals surface area contributed by atoms with Gasteiger partial charge in [-0.15, -0.1) is 0 Å². The van der Waals surface area contributed by atoms with Gasteiger partial charge in [0.2, 0.25) is 0 Å². The lowest BCUT2D eigenvalue weighted by molar-refractivity contribution is 0.161. The minimum absolute atomic E-state index is 0.200. The van der Waals surface area contributed by atoms with E-state index in [4.69, 9.17) is 4.74 Å². The Kier molecular flexibility index (Phi) is 5.63. The van der Waals surface area contributed by atoms with Gasteiger partial charge in [0.05, 0.1) is 18.8 Å². The molecule has 5 nitrogen and oxygen atoms in total. The first kappa shape index (κ1) is 15.4. The highest BCUT2D eigenvalue weighted by atomic mass is 16.5. The predicted octanol–water partition coefficient (Wildman–Crippen LogP) is 2.53. The molecule has 2 aromatic rings. The Balaban J connectivity index is 1.83. The van der Waals surface area contributed by atoms with Crippen LogP contribution in [-0.4, -0.2) is 33.6 Å². The number of nitrogens with zero attached hydrogens (tertiary/aromatic N) is 2. The number of benzene rings is 1. The molecule has 2 atom stereocenters. The summed E-state index contributed by atoms with van der Waals surface area (Å²) in [5, 5.41) is 17.3. The van der Waals surface area contributed by atoms with E-state index in [0.29, 0.717) is 13.1 Å². The van der Waals surface area contributed by atoms with Crippen LogP contribution in [0.3, 0.4) is 0 Å². The van der Waals surface area contributed by atoms with Gasteiger partial charge in [0.1, 0.15) is 5.75 Å². The third-order valence-corrected chi connectivity index (χ3v) is 3.25. The van der Waals surface area contributed by atoms with Crippen LogP contribution in [0.2, 0.25) is 0 Å². The van der Waals surface area contributed by atoms with Crippen LogP contribution in [0.15, 0.2) is 42.7 Å². The Morgan fingerprint density at radius 3 is 2.95 bits per heavy atom. The van der Waals surface area contributed by atoms with E-state index in [9.17, 15) is 5.11 Å². The number of rotatable bonds is 8. The van der Waals surface area contributed by atoms with Crippen molar-refractivity contribution in [3.63, 3.8) is 0 Å². The zero-order valence-electron chi connectivity index (χ0n) is 12.6. The summed E-state index contributed by atoms with van der Waals surface area (Å²) in [6, 6.07) is 9.64. The van der Waals surface area contributed by atoms with Crippen molar-refractivity contribution >= 4 is 5.69 Å². The van der Waals surface area contributed by atoms with Gasteiger partial charge in [0, 0.05) is 30.7 Å².